The standard InChI is InChI=1S/C18H23F3N4O3S/c1-13(2)24-10-17(22-12-24)29(26,27)25-8-6-14(7-9-25)11-28-16-5-3-4-15(23-16)18(19,20)21/h3-5,10,12-14H,6-9,11H2,1-2H3. The minimum atomic E-state index is -4.53. The third-order valence-electron chi connectivity index (χ3n) is 4.83. The van der Waals surface area contributed by atoms with Gasteiger partial charge in [0, 0.05) is 31.4 Å². The predicted molar refractivity (Wildman–Crippen MR) is 98.8 cm³/mol. The third-order valence-corrected chi connectivity index (χ3v) is 6.62. The normalized spacial score (nSPS) is 17.0. The lowest BCUT2D eigenvalue weighted by atomic mass is 9.99. The molecule has 11 heteroatoms. The topological polar surface area (TPSA) is 77.3 Å². The highest BCUT2D eigenvalue weighted by Crippen LogP contribution is 2.29. The smallest absolute Gasteiger partial charge is 0.433 e. The van der Waals surface area contributed by atoms with Gasteiger partial charge in [-0.25, -0.2) is 18.4 Å². The maximum Gasteiger partial charge on any atom is 0.433 e. The molecular weight excluding hydrogens is 409 g/mol. The van der Waals surface area contributed by atoms with Gasteiger partial charge in [-0.2, -0.15) is 17.5 Å². The van der Waals surface area contributed by atoms with Crippen LogP contribution in [0.4, 0.5) is 13.2 Å². The van der Waals surface area contributed by atoms with Gasteiger partial charge in [0.05, 0.1) is 12.9 Å². The first kappa shape index (κ1) is 21.6. The van der Waals surface area contributed by atoms with E-state index in [4.69, 9.17) is 4.74 Å². The first-order valence-corrected chi connectivity index (χ1v) is 10.7. The van der Waals surface area contributed by atoms with Crippen molar-refractivity contribution in [2.75, 3.05) is 19.7 Å². The van der Waals surface area contributed by atoms with Crippen LogP contribution in [0.25, 0.3) is 0 Å². The van der Waals surface area contributed by atoms with Crippen LogP contribution in [0.1, 0.15) is 38.4 Å². The molecule has 2 aromatic heterocycles. The van der Waals surface area contributed by atoms with E-state index in [1.807, 2.05) is 13.8 Å². The van der Waals surface area contributed by atoms with E-state index in [9.17, 15) is 21.6 Å². The number of imidazole rings is 1. The first-order chi connectivity index (χ1) is 13.6. The van der Waals surface area contributed by atoms with E-state index in [0.29, 0.717) is 25.9 Å². The van der Waals surface area contributed by atoms with Gasteiger partial charge in [0.25, 0.3) is 10.0 Å². The number of halogens is 3. The van der Waals surface area contributed by atoms with Crippen molar-refractivity contribution in [1.82, 2.24) is 18.8 Å². The Morgan fingerprint density at radius 2 is 1.93 bits per heavy atom. The van der Waals surface area contributed by atoms with Crippen molar-refractivity contribution in [1.29, 1.82) is 0 Å². The molecule has 3 rings (SSSR count). The zero-order valence-corrected chi connectivity index (χ0v) is 16.9. The Kier molecular flexibility index (Phi) is 6.18. The summed E-state index contributed by atoms with van der Waals surface area (Å²) in [5.41, 5.74) is -1.00. The zero-order chi connectivity index (χ0) is 21.2. The summed E-state index contributed by atoms with van der Waals surface area (Å²) in [5.74, 6) is -0.0554. The lowest BCUT2D eigenvalue weighted by Gasteiger charge is -2.30. The summed E-state index contributed by atoms with van der Waals surface area (Å²) < 4.78 is 72.2. The summed E-state index contributed by atoms with van der Waals surface area (Å²) in [6, 6.07) is 3.62. The first-order valence-electron chi connectivity index (χ1n) is 9.28. The highest BCUT2D eigenvalue weighted by Gasteiger charge is 2.33. The Labute approximate surface area is 167 Å². The van der Waals surface area contributed by atoms with Gasteiger partial charge in [0.2, 0.25) is 5.88 Å². The highest BCUT2D eigenvalue weighted by molar-refractivity contribution is 7.89. The fraction of sp³-hybridized carbons (Fsp3) is 0.556. The molecule has 2 aromatic rings. The van der Waals surface area contributed by atoms with Crippen molar-refractivity contribution in [2.45, 2.75) is 43.9 Å². The number of ether oxygens (including phenoxy) is 1. The molecule has 0 amide bonds. The summed E-state index contributed by atoms with van der Waals surface area (Å²) in [4.78, 5) is 7.49. The Morgan fingerprint density at radius 1 is 1.24 bits per heavy atom. The molecule has 7 nitrogen and oxygen atoms in total. The van der Waals surface area contributed by atoms with Crippen molar-refractivity contribution in [3.63, 3.8) is 0 Å². The molecule has 0 saturated carbocycles. The molecule has 0 radical (unpaired) electrons. The number of pyridine rings is 1. The van der Waals surface area contributed by atoms with Crippen LogP contribution in [-0.4, -0.2) is 47.0 Å². The van der Waals surface area contributed by atoms with Crippen molar-refractivity contribution in [2.24, 2.45) is 5.92 Å². The van der Waals surface area contributed by atoms with Crippen LogP contribution in [0, 0.1) is 5.92 Å². The number of hydrogen-bond donors (Lipinski definition) is 0. The average molecular weight is 432 g/mol. The second-order valence-corrected chi connectivity index (χ2v) is 9.15. The molecule has 0 unspecified atom stereocenters. The summed E-state index contributed by atoms with van der Waals surface area (Å²) in [6.07, 6.45) is -0.414. The van der Waals surface area contributed by atoms with Gasteiger partial charge in [0.15, 0.2) is 5.03 Å². The van der Waals surface area contributed by atoms with Gasteiger partial charge in [-0.05, 0) is 38.7 Å². The van der Waals surface area contributed by atoms with Gasteiger partial charge >= 0.3 is 6.18 Å². The average Bonchev–Trinajstić information content (AvgIpc) is 3.18. The van der Waals surface area contributed by atoms with Crippen LogP contribution in [0.3, 0.4) is 0 Å². The number of rotatable bonds is 6. The molecule has 1 fully saturated rings. The number of nitrogens with zero attached hydrogens (tertiary/aromatic N) is 4. The molecule has 0 atom stereocenters. The second-order valence-electron chi connectivity index (χ2n) is 7.27. The van der Waals surface area contributed by atoms with Crippen LogP contribution >= 0.6 is 0 Å². The van der Waals surface area contributed by atoms with Crippen LogP contribution in [-0.2, 0) is 16.2 Å². The maximum atomic E-state index is 12.7. The third kappa shape index (κ3) is 5.08. The Bertz CT molecular complexity index is 936. The number of alkyl halides is 3. The quantitative estimate of drug-likeness (QED) is 0.700. The summed E-state index contributed by atoms with van der Waals surface area (Å²) >= 11 is 0. The van der Waals surface area contributed by atoms with Crippen LogP contribution in [0.2, 0.25) is 0 Å². The maximum absolute atomic E-state index is 12.7. The lowest BCUT2D eigenvalue weighted by Crippen LogP contribution is -2.39. The van der Waals surface area contributed by atoms with Crippen LogP contribution in [0.15, 0.2) is 35.7 Å². The Hall–Kier alpha value is -2.14. The van der Waals surface area contributed by atoms with Gasteiger partial charge in [0.1, 0.15) is 5.69 Å². The molecule has 0 N–H and O–H groups in total. The molecule has 0 bridgehead atoms. The van der Waals surface area contributed by atoms with E-state index in [1.54, 1.807) is 4.57 Å². The van der Waals surface area contributed by atoms with Gasteiger partial charge < -0.3 is 9.30 Å². The van der Waals surface area contributed by atoms with Crippen molar-refractivity contribution < 1.29 is 26.3 Å². The molecular formula is C18H23F3N4O3S. The van der Waals surface area contributed by atoms with Gasteiger partial charge in [-0.15, -0.1) is 0 Å². The van der Waals surface area contributed by atoms with E-state index in [2.05, 4.69) is 9.97 Å². The van der Waals surface area contributed by atoms with Crippen molar-refractivity contribution in [3.05, 3.63) is 36.4 Å². The molecule has 3 heterocycles. The Balaban J connectivity index is 1.55. The molecule has 29 heavy (non-hydrogen) atoms. The van der Waals surface area contributed by atoms with E-state index >= 15 is 0 Å². The summed E-state index contributed by atoms with van der Waals surface area (Å²) in [6.45, 7) is 4.66. The van der Waals surface area contributed by atoms with Crippen LogP contribution < -0.4 is 4.74 Å². The molecule has 0 spiro atoms. The molecule has 0 aliphatic carbocycles. The monoisotopic (exact) mass is 432 g/mol. The SMILES string of the molecule is CC(C)n1cnc(S(=O)(=O)N2CCC(COc3cccc(C(F)(F)F)n3)CC2)c1. The zero-order valence-electron chi connectivity index (χ0n) is 16.1. The molecule has 0 aromatic carbocycles. The lowest BCUT2D eigenvalue weighted by molar-refractivity contribution is -0.141. The largest absolute Gasteiger partial charge is 0.477 e. The predicted octanol–water partition coefficient (Wildman–Crippen LogP) is 3.36. The van der Waals surface area contributed by atoms with E-state index in [-0.39, 0.29) is 29.5 Å². The van der Waals surface area contributed by atoms with E-state index in [0.717, 1.165) is 6.07 Å². The fourth-order valence-corrected chi connectivity index (χ4v) is 4.43. The molecule has 1 saturated heterocycles. The van der Waals surface area contributed by atoms with Crippen LogP contribution in [0.5, 0.6) is 5.88 Å². The van der Waals surface area contributed by atoms with Gasteiger partial charge in [-0.1, -0.05) is 6.07 Å². The highest BCUT2D eigenvalue weighted by atomic mass is 32.2. The second kappa shape index (κ2) is 8.31. The summed E-state index contributed by atoms with van der Waals surface area (Å²) in [7, 11) is -3.66. The van der Waals surface area contributed by atoms with Crippen molar-refractivity contribution >= 4 is 10.0 Å². The minimum Gasteiger partial charge on any atom is -0.477 e. The van der Waals surface area contributed by atoms with E-state index < -0.39 is 21.9 Å². The van der Waals surface area contributed by atoms with Gasteiger partial charge in [-0.3, -0.25) is 0 Å². The molecule has 1 aliphatic heterocycles. The fourth-order valence-electron chi connectivity index (χ4n) is 3.04. The Morgan fingerprint density at radius 3 is 2.52 bits per heavy atom. The van der Waals surface area contributed by atoms with E-state index in [1.165, 1.54) is 29.0 Å². The minimum absolute atomic E-state index is 0.0223. The molecule has 160 valence electrons. The number of hydrogen-bond acceptors (Lipinski definition) is 5. The summed E-state index contributed by atoms with van der Waals surface area (Å²) in [5, 5.41) is 0.0223. The van der Waals surface area contributed by atoms with Crippen molar-refractivity contribution in [3.8, 4) is 5.88 Å². The molecule has 1 aliphatic rings. The number of piperidine rings is 1. The number of sulfonamides is 1. The number of aromatic nitrogens is 3.